The van der Waals surface area contributed by atoms with Crippen molar-refractivity contribution in [2.75, 3.05) is 12.8 Å². The molecule has 21 heavy (non-hydrogen) atoms. The van der Waals surface area contributed by atoms with E-state index in [4.69, 9.17) is 38.2 Å². The number of methoxy groups -OCH3 is 1. The molecule has 0 unspecified atom stereocenters. The van der Waals surface area contributed by atoms with Crippen LogP contribution in [-0.4, -0.2) is 12.3 Å². The Balaban J connectivity index is 2.22. The molecule has 3 rings (SSSR count). The summed E-state index contributed by atoms with van der Waals surface area (Å²) in [6.07, 6.45) is 0. The van der Waals surface area contributed by atoms with Crippen molar-refractivity contribution in [3.63, 3.8) is 0 Å². The van der Waals surface area contributed by atoms with E-state index in [-0.39, 0.29) is 5.82 Å². The van der Waals surface area contributed by atoms with Crippen LogP contribution in [0.2, 0.25) is 10.0 Å². The zero-order chi connectivity index (χ0) is 15.0. The average molecular weight is 341 g/mol. The van der Waals surface area contributed by atoms with Gasteiger partial charge in [0.15, 0.2) is 11.6 Å². The number of anilines is 1. The van der Waals surface area contributed by atoms with Crippen LogP contribution >= 0.6 is 34.5 Å². The summed E-state index contributed by atoms with van der Waals surface area (Å²) in [7, 11) is 1.60. The summed E-state index contributed by atoms with van der Waals surface area (Å²) in [4.78, 5) is 0.835. The lowest BCUT2D eigenvalue weighted by Crippen LogP contribution is -1.90. The molecule has 0 fully saturated rings. The lowest BCUT2D eigenvalue weighted by molar-refractivity contribution is 0.416. The van der Waals surface area contributed by atoms with E-state index < -0.39 is 0 Å². The number of aromatic nitrogens is 1. The molecule has 1 aromatic carbocycles. The number of rotatable bonds is 3. The highest BCUT2D eigenvalue weighted by atomic mass is 35.5. The van der Waals surface area contributed by atoms with Gasteiger partial charge in [0.2, 0.25) is 0 Å². The number of hydrogen-bond acceptors (Lipinski definition) is 5. The van der Waals surface area contributed by atoms with Gasteiger partial charge in [-0.3, -0.25) is 0 Å². The summed E-state index contributed by atoms with van der Waals surface area (Å²) in [6, 6.07) is 7.10. The number of nitrogens with zero attached hydrogens (tertiary/aromatic N) is 1. The predicted octanol–water partition coefficient (Wildman–Crippen LogP) is 4.97. The van der Waals surface area contributed by atoms with Crippen LogP contribution in [0.5, 0.6) is 5.75 Å². The van der Waals surface area contributed by atoms with E-state index in [1.165, 1.54) is 11.3 Å². The summed E-state index contributed by atoms with van der Waals surface area (Å²) in [5.41, 5.74) is 7.14. The molecule has 3 aromatic rings. The second-order valence-corrected chi connectivity index (χ2v) is 5.95. The van der Waals surface area contributed by atoms with Crippen molar-refractivity contribution in [1.29, 1.82) is 0 Å². The molecular formula is C14H10Cl2N2O2S. The molecule has 0 aliphatic rings. The van der Waals surface area contributed by atoms with Gasteiger partial charge in [-0.2, -0.15) is 0 Å². The van der Waals surface area contributed by atoms with Crippen LogP contribution in [0, 0.1) is 0 Å². The first kappa shape index (κ1) is 14.3. The molecule has 0 radical (unpaired) electrons. The minimum absolute atomic E-state index is 0.243. The number of hydrogen-bond donors (Lipinski definition) is 1. The number of nitrogen functional groups attached to an aromatic ring is 1. The number of halogens is 2. The first-order valence-corrected chi connectivity index (χ1v) is 7.57. The normalized spacial score (nSPS) is 10.8. The van der Waals surface area contributed by atoms with Crippen LogP contribution in [0.15, 0.2) is 34.2 Å². The van der Waals surface area contributed by atoms with Gasteiger partial charge >= 0.3 is 0 Å². The summed E-state index contributed by atoms with van der Waals surface area (Å²) in [5, 5.41) is 6.68. The number of nitrogens with two attached hydrogens (primary N) is 1. The molecule has 0 bridgehead atoms. The van der Waals surface area contributed by atoms with Crippen molar-refractivity contribution >= 4 is 40.4 Å². The Morgan fingerprint density at radius 3 is 2.57 bits per heavy atom. The fourth-order valence-electron chi connectivity index (χ4n) is 1.99. The molecule has 0 spiro atoms. The molecular weight excluding hydrogens is 331 g/mol. The van der Waals surface area contributed by atoms with Crippen molar-refractivity contribution in [3.05, 3.63) is 39.7 Å². The maximum absolute atomic E-state index is 6.25. The van der Waals surface area contributed by atoms with Crippen LogP contribution in [0.25, 0.3) is 21.8 Å². The molecule has 2 N–H and O–H groups in total. The first-order chi connectivity index (χ1) is 10.1. The molecule has 7 heteroatoms. The Hall–Kier alpha value is -1.69. The molecule has 0 saturated heterocycles. The minimum atomic E-state index is 0.243. The SMILES string of the molecule is COc1csc(-c2onc(N)c2-c2c(Cl)cccc2Cl)c1. The van der Waals surface area contributed by atoms with Gasteiger partial charge in [-0.05, 0) is 12.1 Å². The summed E-state index contributed by atoms with van der Waals surface area (Å²) in [5.74, 6) is 1.50. The van der Waals surface area contributed by atoms with Gasteiger partial charge in [-0.1, -0.05) is 34.4 Å². The van der Waals surface area contributed by atoms with Gasteiger partial charge in [0.05, 0.1) is 27.6 Å². The Kier molecular flexibility index (Phi) is 3.80. The Morgan fingerprint density at radius 1 is 1.24 bits per heavy atom. The van der Waals surface area contributed by atoms with Crippen molar-refractivity contribution in [1.82, 2.24) is 5.16 Å². The summed E-state index contributed by atoms with van der Waals surface area (Å²) in [6.45, 7) is 0. The van der Waals surface area contributed by atoms with Crippen LogP contribution in [0.4, 0.5) is 5.82 Å². The van der Waals surface area contributed by atoms with Crippen LogP contribution in [0.3, 0.4) is 0 Å². The number of ether oxygens (including phenoxy) is 1. The molecule has 0 aliphatic heterocycles. The van der Waals surface area contributed by atoms with Crippen molar-refractivity contribution in [2.24, 2.45) is 0 Å². The van der Waals surface area contributed by atoms with Crippen LogP contribution in [-0.2, 0) is 0 Å². The molecule has 0 atom stereocenters. The third-order valence-electron chi connectivity index (χ3n) is 2.97. The highest BCUT2D eigenvalue weighted by Crippen LogP contribution is 2.45. The Morgan fingerprint density at radius 2 is 1.95 bits per heavy atom. The van der Waals surface area contributed by atoms with Gasteiger partial charge in [-0.15, -0.1) is 11.3 Å². The fourth-order valence-corrected chi connectivity index (χ4v) is 3.42. The van der Waals surface area contributed by atoms with E-state index in [0.29, 0.717) is 26.9 Å². The highest BCUT2D eigenvalue weighted by molar-refractivity contribution is 7.13. The third kappa shape index (κ3) is 2.48. The van der Waals surface area contributed by atoms with Crippen molar-refractivity contribution in [3.8, 4) is 27.5 Å². The maximum atomic E-state index is 6.25. The zero-order valence-corrected chi connectivity index (χ0v) is 13.2. The Labute approximate surface area is 135 Å². The predicted molar refractivity (Wildman–Crippen MR) is 86.2 cm³/mol. The van der Waals surface area contributed by atoms with Crippen molar-refractivity contribution < 1.29 is 9.26 Å². The standard InChI is InChI=1S/C14H10Cl2N2O2S/c1-19-7-5-10(21-6-7)13-12(14(17)18-20-13)11-8(15)3-2-4-9(11)16/h2-6H,1H3,(H2,17,18). The summed E-state index contributed by atoms with van der Waals surface area (Å²) < 4.78 is 10.5. The quantitative estimate of drug-likeness (QED) is 0.731. The molecule has 0 amide bonds. The largest absolute Gasteiger partial charge is 0.496 e. The Bertz CT molecular complexity index is 778. The lowest BCUT2D eigenvalue weighted by Gasteiger charge is -2.06. The van der Waals surface area contributed by atoms with E-state index >= 15 is 0 Å². The number of benzene rings is 1. The topological polar surface area (TPSA) is 61.3 Å². The van der Waals surface area contributed by atoms with Gasteiger partial charge in [0.1, 0.15) is 5.75 Å². The third-order valence-corrected chi connectivity index (χ3v) is 4.50. The molecule has 2 aromatic heterocycles. The number of thiophene rings is 1. The van der Waals surface area contributed by atoms with Gasteiger partial charge in [0, 0.05) is 17.0 Å². The van der Waals surface area contributed by atoms with E-state index in [0.717, 1.165) is 10.6 Å². The molecule has 0 saturated carbocycles. The zero-order valence-electron chi connectivity index (χ0n) is 10.9. The van der Waals surface area contributed by atoms with Gasteiger partial charge in [-0.25, -0.2) is 0 Å². The molecule has 4 nitrogen and oxygen atoms in total. The van der Waals surface area contributed by atoms with E-state index in [2.05, 4.69) is 5.16 Å². The lowest BCUT2D eigenvalue weighted by atomic mass is 10.0. The second-order valence-electron chi connectivity index (χ2n) is 4.22. The minimum Gasteiger partial charge on any atom is -0.496 e. The molecule has 0 aliphatic carbocycles. The maximum Gasteiger partial charge on any atom is 0.187 e. The van der Waals surface area contributed by atoms with E-state index in [9.17, 15) is 0 Å². The molecule has 108 valence electrons. The van der Waals surface area contributed by atoms with E-state index in [1.54, 1.807) is 25.3 Å². The monoisotopic (exact) mass is 340 g/mol. The fraction of sp³-hybridized carbons (Fsp3) is 0.0714. The van der Waals surface area contributed by atoms with Crippen molar-refractivity contribution in [2.45, 2.75) is 0 Å². The second kappa shape index (κ2) is 5.60. The summed E-state index contributed by atoms with van der Waals surface area (Å²) >= 11 is 14.0. The van der Waals surface area contributed by atoms with Crippen LogP contribution in [0.1, 0.15) is 0 Å². The smallest absolute Gasteiger partial charge is 0.187 e. The average Bonchev–Trinajstić information content (AvgIpc) is 3.06. The van der Waals surface area contributed by atoms with Gasteiger partial charge < -0.3 is 15.0 Å². The molecule has 2 heterocycles. The van der Waals surface area contributed by atoms with Crippen LogP contribution < -0.4 is 10.5 Å². The van der Waals surface area contributed by atoms with Gasteiger partial charge in [0.25, 0.3) is 0 Å². The van der Waals surface area contributed by atoms with E-state index in [1.807, 2.05) is 11.4 Å². The first-order valence-electron chi connectivity index (χ1n) is 5.94. The highest BCUT2D eigenvalue weighted by Gasteiger charge is 2.23.